The van der Waals surface area contributed by atoms with Crippen molar-refractivity contribution < 1.29 is 24.3 Å². The third kappa shape index (κ3) is 4.08. The zero-order chi connectivity index (χ0) is 21.0. The molecule has 2 N–H and O–H groups in total. The Morgan fingerprint density at radius 3 is 2.38 bits per heavy atom. The molecule has 0 saturated heterocycles. The summed E-state index contributed by atoms with van der Waals surface area (Å²) >= 11 is 0. The lowest BCUT2D eigenvalue weighted by atomic mass is 10.1. The van der Waals surface area contributed by atoms with E-state index in [1.54, 1.807) is 12.1 Å². The van der Waals surface area contributed by atoms with Gasteiger partial charge in [0.25, 0.3) is 11.6 Å². The van der Waals surface area contributed by atoms with Crippen molar-refractivity contribution in [3.05, 3.63) is 69.8 Å². The third-order valence-corrected chi connectivity index (χ3v) is 4.20. The van der Waals surface area contributed by atoms with Gasteiger partial charge in [0.1, 0.15) is 5.75 Å². The predicted molar refractivity (Wildman–Crippen MR) is 107 cm³/mol. The minimum Gasteiger partial charge on any atom is -0.504 e. The smallest absolute Gasteiger partial charge is 0.275 e. The van der Waals surface area contributed by atoms with Gasteiger partial charge in [-0.1, -0.05) is 24.3 Å². The maximum absolute atomic E-state index is 12.5. The van der Waals surface area contributed by atoms with E-state index < -0.39 is 10.8 Å². The average Bonchev–Trinajstić information content (AvgIpc) is 2.73. The number of carbonyl (C=O) groups excluding carboxylic acids is 1. The molecule has 0 atom stereocenters. The molecule has 0 radical (unpaired) electrons. The van der Waals surface area contributed by atoms with E-state index in [9.17, 15) is 20.0 Å². The Morgan fingerprint density at radius 2 is 1.76 bits per heavy atom. The second-order valence-electron chi connectivity index (χ2n) is 5.94. The molecule has 3 aromatic carbocycles. The highest BCUT2D eigenvalue weighted by Crippen LogP contribution is 2.33. The first kappa shape index (κ1) is 19.6. The Balaban J connectivity index is 1.88. The maximum atomic E-state index is 12.5. The molecule has 1 amide bonds. The van der Waals surface area contributed by atoms with Gasteiger partial charge in [-0.3, -0.25) is 14.9 Å². The molecule has 148 valence electrons. The van der Waals surface area contributed by atoms with Gasteiger partial charge in [0, 0.05) is 11.6 Å². The van der Waals surface area contributed by atoms with E-state index in [0.717, 1.165) is 29.1 Å². The highest BCUT2D eigenvalue weighted by atomic mass is 16.6. The molecular weight excluding hydrogens is 378 g/mol. The summed E-state index contributed by atoms with van der Waals surface area (Å²) < 4.78 is 10.2. The number of hydrazone groups is 1. The summed E-state index contributed by atoms with van der Waals surface area (Å²) in [5.41, 5.74) is 2.32. The van der Waals surface area contributed by atoms with Crippen molar-refractivity contribution in [2.45, 2.75) is 0 Å². The van der Waals surface area contributed by atoms with E-state index in [-0.39, 0.29) is 28.3 Å². The molecule has 0 aliphatic carbocycles. The van der Waals surface area contributed by atoms with Crippen LogP contribution in [-0.4, -0.2) is 36.4 Å². The number of hydrogen-bond donors (Lipinski definition) is 2. The van der Waals surface area contributed by atoms with E-state index in [2.05, 4.69) is 10.5 Å². The van der Waals surface area contributed by atoms with Crippen LogP contribution in [0.2, 0.25) is 0 Å². The number of methoxy groups -OCH3 is 2. The molecule has 0 unspecified atom stereocenters. The molecule has 9 heteroatoms. The summed E-state index contributed by atoms with van der Waals surface area (Å²) in [5, 5.41) is 26.7. The van der Waals surface area contributed by atoms with Crippen LogP contribution < -0.4 is 14.9 Å². The van der Waals surface area contributed by atoms with Gasteiger partial charge in [0.15, 0.2) is 11.5 Å². The zero-order valence-corrected chi connectivity index (χ0v) is 15.6. The molecule has 0 saturated carbocycles. The summed E-state index contributed by atoms with van der Waals surface area (Å²) in [6.07, 6.45) is 1.09. The predicted octanol–water partition coefficient (Wildman–Crippen LogP) is 3.23. The number of nitrogens with zero attached hydrogens (tertiary/aromatic N) is 2. The fourth-order valence-corrected chi connectivity index (χ4v) is 2.76. The Labute approximate surface area is 165 Å². The quantitative estimate of drug-likeness (QED) is 0.375. The van der Waals surface area contributed by atoms with Gasteiger partial charge in [-0.25, -0.2) is 5.43 Å². The Morgan fingerprint density at radius 1 is 1.10 bits per heavy atom. The lowest BCUT2D eigenvalue weighted by molar-refractivity contribution is -0.385. The highest BCUT2D eigenvalue weighted by Gasteiger charge is 2.16. The zero-order valence-electron chi connectivity index (χ0n) is 15.6. The summed E-state index contributed by atoms with van der Waals surface area (Å²) in [4.78, 5) is 22.9. The molecule has 0 aromatic heterocycles. The number of benzene rings is 3. The van der Waals surface area contributed by atoms with Crippen molar-refractivity contribution in [1.29, 1.82) is 0 Å². The van der Waals surface area contributed by atoms with Crippen molar-refractivity contribution in [2.75, 3.05) is 14.2 Å². The first-order valence-corrected chi connectivity index (χ1v) is 8.40. The lowest BCUT2D eigenvalue weighted by Gasteiger charge is -2.09. The number of phenols is 1. The molecular formula is C20H17N3O6. The van der Waals surface area contributed by atoms with Crippen LogP contribution in [0.1, 0.15) is 15.9 Å². The Hall–Kier alpha value is -4.14. The first-order valence-electron chi connectivity index (χ1n) is 8.40. The van der Waals surface area contributed by atoms with E-state index in [1.165, 1.54) is 14.2 Å². The van der Waals surface area contributed by atoms with Crippen LogP contribution in [0.15, 0.2) is 53.6 Å². The maximum Gasteiger partial charge on any atom is 0.275 e. The number of rotatable bonds is 6. The number of carbonyl (C=O) groups is 1. The normalized spacial score (nSPS) is 10.8. The first-order chi connectivity index (χ1) is 13.9. The SMILES string of the molecule is COc1cc2ccccc2cc1C(=O)NN=Cc1cc([N+](=O)[O-])cc(OC)c1O. The summed E-state index contributed by atoms with van der Waals surface area (Å²) in [6, 6.07) is 13.1. The Kier molecular flexibility index (Phi) is 5.59. The monoisotopic (exact) mass is 395 g/mol. The van der Waals surface area contributed by atoms with Crippen molar-refractivity contribution in [2.24, 2.45) is 5.10 Å². The molecule has 0 spiro atoms. The summed E-state index contributed by atoms with van der Waals surface area (Å²) in [7, 11) is 2.73. The minimum atomic E-state index is -0.627. The summed E-state index contributed by atoms with van der Waals surface area (Å²) in [6.45, 7) is 0. The van der Waals surface area contributed by atoms with Crippen LogP contribution >= 0.6 is 0 Å². The van der Waals surface area contributed by atoms with Crippen LogP contribution in [0.3, 0.4) is 0 Å². The molecule has 0 aliphatic rings. The molecule has 9 nitrogen and oxygen atoms in total. The van der Waals surface area contributed by atoms with Gasteiger partial charge >= 0.3 is 0 Å². The third-order valence-electron chi connectivity index (χ3n) is 4.20. The van der Waals surface area contributed by atoms with E-state index in [1.807, 2.05) is 24.3 Å². The number of phenolic OH excluding ortho intramolecular Hbond substituents is 1. The standard InChI is InChI=1S/C20H17N3O6/c1-28-17-9-13-6-4-3-5-12(13)8-16(17)20(25)22-21-11-14-7-15(23(26)27)10-18(29-2)19(14)24/h3-11,24H,1-2H3,(H,22,25). The minimum absolute atomic E-state index is 0.0156. The highest BCUT2D eigenvalue weighted by molar-refractivity contribution is 6.02. The fourth-order valence-electron chi connectivity index (χ4n) is 2.76. The largest absolute Gasteiger partial charge is 0.504 e. The molecule has 0 fully saturated rings. The van der Waals surface area contributed by atoms with Gasteiger partial charge < -0.3 is 14.6 Å². The second kappa shape index (κ2) is 8.26. The van der Waals surface area contributed by atoms with Crippen molar-refractivity contribution in [3.63, 3.8) is 0 Å². The number of nitrogens with one attached hydrogen (secondary N) is 1. The molecule has 0 aliphatic heterocycles. The number of amides is 1. The fraction of sp³-hybridized carbons (Fsp3) is 0.100. The van der Waals surface area contributed by atoms with Crippen LogP contribution in [-0.2, 0) is 0 Å². The topological polar surface area (TPSA) is 123 Å². The van der Waals surface area contributed by atoms with Gasteiger partial charge in [-0.05, 0) is 22.9 Å². The molecule has 3 aromatic rings. The van der Waals surface area contributed by atoms with Crippen LogP contribution in [0, 0.1) is 10.1 Å². The van der Waals surface area contributed by atoms with Gasteiger partial charge in [-0.15, -0.1) is 0 Å². The number of nitro groups is 1. The van der Waals surface area contributed by atoms with Gasteiger partial charge in [-0.2, -0.15) is 5.10 Å². The van der Waals surface area contributed by atoms with Crippen molar-refractivity contribution in [3.8, 4) is 17.2 Å². The number of aromatic hydroxyl groups is 1. The second-order valence-corrected chi connectivity index (χ2v) is 5.94. The van der Waals surface area contributed by atoms with E-state index >= 15 is 0 Å². The number of ether oxygens (including phenoxy) is 2. The van der Waals surface area contributed by atoms with Crippen LogP contribution in [0.4, 0.5) is 5.69 Å². The number of fused-ring (bicyclic) bond motifs is 1. The number of non-ortho nitro benzene ring substituents is 1. The number of hydrogen-bond acceptors (Lipinski definition) is 7. The molecule has 0 heterocycles. The molecule has 0 bridgehead atoms. The van der Waals surface area contributed by atoms with Crippen LogP contribution in [0.25, 0.3) is 10.8 Å². The van der Waals surface area contributed by atoms with E-state index in [0.29, 0.717) is 5.75 Å². The van der Waals surface area contributed by atoms with Gasteiger partial charge in [0.2, 0.25) is 0 Å². The average molecular weight is 395 g/mol. The van der Waals surface area contributed by atoms with Crippen molar-refractivity contribution in [1.82, 2.24) is 5.43 Å². The van der Waals surface area contributed by atoms with Crippen LogP contribution in [0.5, 0.6) is 17.2 Å². The molecule has 29 heavy (non-hydrogen) atoms. The lowest BCUT2D eigenvalue weighted by Crippen LogP contribution is -2.18. The van der Waals surface area contributed by atoms with E-state index in [4.69, 9.17) is 9.47 Å². The van der Waals surface area contributed by atoms with Crippen molar-refractivity contribution >= 4 is 28.6 Å². The van der Waals surface area contributed by atoms with Gasteiger partial charge in [0.05, 0.1) is 37.0 Å². The molecule has 3 rings (SSSR count). The summed E-state index contributed by atoms with van der Waals surface area (Å²) in [5.74, 6) is -0.584. The number of nitro benzene ring substituents is 1. The Bertz CT molecular complexity index is 1130.